The number of aryl methyl sites for hydroxylation is 1. The van der Waals surface area contributed by atoms with Gasteiger partial charge in [-0.3, -0.25) is 9.59 Å². The van der Waals surface area contributed by atoms with Crippen molar-refractivity contribution in [2.24, 2.45) is 0 Å². The molecule has 1 heterocycles. The standard InChI is InChI=1S/C26H23ClN2O3/c1-18(30)32-15-7-14-29-24-13-12-21(28-26(31)22-10-5-6-11-23(22)27)16-20(24)17-25(29)19-8-3-2-4-9-19/h2-6,8-13,16-17H,7,14-15H2,1H3,(H,28,31). The molecule has 0 aliphatic heterocycles. The maximum atomic E-state index is 12.7. The van der Waals surface area contributed by atoms with E-state index in [1.807, 2.05) is 36.4 Å². The fourth-order valence-corrected chi connectivity index (χ4v) is 3.94. The Bertz CT molecular complexity index is 1260. The lowest BCUT2D eigenvalue weighted by Crippen LogP contribution is -2.12. The molecule has 1 N–H and O–H groups in total. The molecule has 1 aromatic heterocycles. The van der Waals surface area contributed by atoms with E-state index in [2.05, 4.69) is 28.1 Å². The van der Waals surface area contributed by atoms with Gasteiger partial charge < -0.3 is 14.6 Å². The highest BCUT2D eigenvalue weighted by atomic mass is 35.5. The second-order valence-corrected chi connectivity index (χ2v) is 7.86. The summed E-state index contributed by atoms with van der Waals surface area (Å²) in [6.45, 7) is 2.49. The van der Waals surface area contributed by atoms with E-state index in [9.17, 15) is 9.59 Å². The second-order valence-electron chi connectivity index (χ2n) is 7.45. The second kappa shape index (κ2) is 9.71. The SMILES string of the molecule is CC(=O)OCCCn1c(-c2ccccc2)cc2cc(NC(=O)c3ccccc3Cl)ccc21. The molecule has 162 valence electrons. The van der Waals surface area contributed by atoms with Crippen LogP contribution in [0.1, 0.15) is 23.7 Å². The number of esters is 1. The molecule has 32 heavy (non-hydrogen) atoms. The molecule has 0 saturated carbocycles. The summed E-state index contributed by atoms with van der Waals surface area (Å²) in [5, 5.41) is 4.36. The van der Waals surface area contributed by atoms with Gasteiger partial charge in [0.1, 0.15) is 0 Å². The van der Waals surface area contributed by atoms with Crippen molar-refractivity contribution in [2.75, 3.05) is 11.9 Å². The van der Waals surface area contributed by atoms with Crippen LogP contribution in [0.25, 0.3) is 22.2 Å². The van der Waals surface area contributed by atoms with Crippen LogP contribution in [-0.2, 0) is 16.1 Å². The topological polar surface area (TPSA) is 60.3 Å². The highest BCUT2D eigenvalue weighted by Crippen LogP contribution is 2.30. The van der Waals surface area contributed by atoms with Crippen LogP contribution >= 0.6 is 11.6 Å². The van der Waals surface area contributed by atoms with E-state index in [0.29, 0.717) is 35.8 Å². The van der Waals surface area contributed by atoms with Crippen LogP contribution in [0.3, 0.4) is 0 Å². The average Bonchev–Trinajstić information content (AvgIpc) is 3.15. The zero-order chi connectivity index (χ0) is 22.5. The van der Waals surface area contributed by atoms with Crippen molar-refractivity contribution in [2.45, 2.75) is 19.9 Å². The lowest BCUT2D eigenvalue weighted by atomic mass is 10.1. The third-order valence-corrected chi connectivity index (χ3v) is 5.51. The van der Waals surface area contributed by atoms with Crippen molar-refractivity contribution in [1.29, 1.82) is 0 Å². The lowest BCUT2D eigenvalue weighted by Gasteiger charge is -2.12. The van der Waals surface area contributed by atoms with Crippen molar-refractivity contribution in [3.63, 3.8) is 0 Å². The number of anilines is 1. The fourth-order valence-electron chi connectivity index (χ4n) is 3.72. The van der Waals surface area contributed by atoms with Crippen LogP contribution in [0.5, 0.6) is 0 Å². The third kappa shape index (κ3) is 4.84. The molecule has 0 saturated heterocycles. The molecule has 0 fully saturated rings. The first-order valence-corrected chi connectivity index (χ1v) is 10.8. The summed E-state index contributed by atoms with van der Waals surface area (Å²) in [5.74, 6) is -0.524. The van der Waals surface area contributed by atoms with Crippen molar-refractivity contribution in [3.05, 3.63) is 89.4 Å². The summed E-state index contributed by atoms with van der Waals surface area (Å²) in [6, 6.07) is 25.0. The number of aromatic nitrogens is 1. The van der Waals surface area contributed by atoms with Gasteiger partial charge in [-0.1, -0.05) is 54.1 Å². The highest BCUT2D eigenvalue weighted by molar-refractivity contribution is 6.34. The molecule has 0 atom stereocenters. The Hall–Kier alpha value is -3.57. The van der Waals surface area contributed by atoms with Gasteiger partial charge in [-0.25, -0.2) is 0 Å². The van der Waals surface area contributed by atoms with Crippen molar-refractivity contribution < 1.29 is 14.3 Å². The van der Waals surface area contributed by atoms with Gasteiger partial charge in [0.05, 0.1) is 17.2 Å². The van der Waals surface area contributed by atoms with E-state index in [1.54, 1.807) is 24.3 Å². The smallest absolute Gasteiger partial charge is 0.302 e. The van der Waals surface area contributed by atoms with E-state index >= 15 is 0 Å². The minimum atomic E-state index is -0.274. The number of amides is 1. The summed E-state index contributed by atoms with van der Waals surface area (Å²) in [5.41, 5.74) is 4.33. The van der Waals surface area contributed by atoms with Gasteiger partial charge in [0.15, 0.2) is 0 Å². The zero-order valence-corrected chi connectivity index (χ0v) is 18.4. The Morgan fingerprint density at radius 1 is 0.969 bits per heavy atom. The molecule has 0 bridgehead atoms. The Morgan fingerprint density at radius 2 is 1.72 bits per heavy atom. The van der Waals surface area contributed by atoms with E-state index in [-0.39, 0.29) is 11.9 Å². The molecule has 0 unspecified atom stereocenters. The average molecular weight is 447 g/mol. The molecule has 6 heteroatoms. The number of halogens is 1. The third-order valence-electron chi connectivity index (χ3n) is 5.18. The summed E-state index contributed by atoms with van der Waals surface area (Å²) in [4.78, 5) is 23.7. The number of ether oxygens (including phenoxy) is 1. The van der Waals surface area contributed by atoms with Gasteiger partial charge in [0.2, 0.25) is 0 Å². The van der Waals surface area contributed by atoms with Crippen LogP contribution in [0.15, 0.2) is 78.9 Å². The van der Waals surface area contributed by atoms with E-state index < -0.39 is 0 Å². The molecule has 4 aromatic rings. The number of hydrogen-bond donors (Lipinski definition) is 1. The van der Waals surface area contributed by atoms with Crippen molar-refractivity contribution >= 4 is 40.1 Å². The maximum Gasteiger partial charge on any atom is 0.302 e. The Kier molecular flexibility index (Phi) is 6.57. The molecule has 4 rings (SSSR count). The molecule has 5 nitrogen and oxygen atoms in total. The molecule has 0 aliphatic rings. The van der Waals surface area contributed by atoms with E-state index in [1.165, 1.54) is 6.92 Å². The van der Waals surface area contributed by atoms with Gasteiger partial charge in [0, 0.05) is 35.8 Å². The number of benzene rings is 3. The van der Waals surface area contributed by atoms with Gasteiger partial charge in [-0.05, 0) is 48.4 Å². The number of hydrogen-bond acceptors (Lipinski definition) is 3. The quantitative estimate of drug-likeness (QED) is 0.273. The van der Waals surface area contributed by atoms with E-state index in [4.69, 9.17) is 16.3 Å². The van der Waals surface area contributed by atoms with Gasteiger partial charge in [-0.2, -0.15) is 0 Å². The fraction of sp³-hybridized carbons (Fsp3) is 0.154. The first kappa shape index (κ1) is 21.7. The van der Waals surface area contributed by atoms with Gasteiger partial charge in [-0.15, -0.1) is 0 Å². The number of nitrogens with one attached hydrogen (secondary N) is 1. The van der Waals surface area contributed by atoms with Gasteiger partial charge in [0.25, 0.3) is 5.91 Å². The maximum absolute atomic E-state index is 12.7. The number of carbonyl (C=O) groups is 2. The lowest BCUT2D eigenvalue weighted by molar-refractivity contribution is -0.141. The summed E-state index contributed by atoms with van der Waals surface area (Å²) < 4.78 is 7.32. The van der Waals surface area contributed by atoms with Crippen LogP contribution in [0, 0.1) is 0 Å². The molecule has 1 amide bonds. The zero-order valence-electron chi connectivity index (χ0n) is 17.7. The predicted molar refractivity (Wildman–Crippen MR) is 128 cm³/mol. The summed E-state index contributed by atoms with van der Waals surface area (Å²) in [7, 11) is 0. The number of nitrogens with zero attached hydrogens (tertiary/aromatic N) is 1. The largest absolute Gasteiger partial charge is 0.466 e. The highest BCUT2D eigenvalue weighted by Gasteiger charge is 2.14. The molecule has 0 spiro atoms. The first-order chi connectivity index (χ1) is 15.5. The Labute approximate surface area is 191 Å². The summed E-state index contributed by atoms with van der Waals surface area (Å²) in [6.07, 6.45) is 0.703. The normalized spacial score (nSPS) is 10.8. The Morgan fingerprint density at radius 3 is 2.47 bits per heavy atom. The minimum absolute atomic E-state index is 0.251. The number of fused-ring (bicyclic) bond motifs is 1. The van der Waals surface area contributed by atoms with Crippen LogP contribution in [0.4, 0.5) is 5.69 Å². The first-order valence-electron chi connectivity index (χ1n) is 10.4. The summed E-state index contributed by atoms with van der Waals surface area (Å²) >= 11 is 6.16. The van der Waals surface area contributed by atoms with Gasteiger partial charge >= 0.3 is 5.97 Å². The van der Waals surface area contributed by atoms with Crippen molar-refractivity contribution in [3.8, 4) is 11.3 Å². The van der Waals surface area contributed by atoms with Crippen molar-refractivity contribution in [1.82, 2.24) is 4.57 Å². The monoisotopic (exact) mass is 446 g/mol. The van der Waals surface area contributed by atoms with E-state index in [0.717, 1.165) is 22.2 Å². The van der Waals surface area contributed by atoms with Crippen LogP contribution < -0.4 is 5.32 Å². The minimum Gasteiger partial charge on any atom is -0.466 e. The predicted octanol–water partition coefficient (Wildman–Crippen LogP) is 6.17. The molecule has 0 radical (unpaired) electrons. The molecular formula is C26H23ClN2O3. The molecular weight excluding hydrogens is 424 g/mol. The number of carbonyl (C=O) groups excluding carboxylic acids is 2. The number of rotatable bonds is 7. The Balaban J connectivity index is 1.65. The molecule has 3 aromatic carbocycles. The van der Waals surface area contributed by atoms with Crippen LogP contribution in [0.2, 0.25) is 5.02 Å². The molecule has 0 aliphatic carbocycles. The van der Waals surface area contributed by atoms with Crippen LogP contribution in [-0.4, -0.2) is 23.1 Å².